The minimum absolute atomic E-state index is 0.168. The van der Waals surface area contributed by atoms with E-state index in [2.05, 4.69) is 24.8 Å². The van der Waals surface area contributed by atoms with Crippen molar-refractivity contribution in [2.75, 3.05) is 19.3 Å². The van der Waals surface area contributed by atoms with Crippen LogP contribution in [0.15, 0.2) is 30.3 Å². The smallest absolute Gasteiger partial charge is 0.223 e. The number of thiol groups is 1. The fourth-order valence-corrected chi connectivity index (χ4v) is 1.54. The van der Waals surface area contributed by atoms with E-state index in [4.69, 9.17) is 0 Å². The highest BCUT2D eigenvalue weighted by Gasteiger charge is 2.06. The number of likely N-dealkylation sites (N-methyl/N-ethyl adjacent to an activating group) is 1. The van der Waals surface area contributed by atoms with Crippen molar-refractivity contribution in [2.24, 2.45) is 0 Å². The first kappa shape index (κ1) is 12.1. The Labute approximate surface area is 96.7 Å². The molecule has 0 aliphatic heterocycles. The molecule has 3 heteroatoms. The molecular formula is C12H17NOS. The van der Waals surface area contributed by atoms with Gasteiger partial charge in [-0.05, 0) is 17.7 Å². The van der Waals surface area contributed by atoms with Crippen LogP contribution in [0, 0.1) is 0 Å². The van der Waals surface area contributed by atoms with Crippen molar-refractivity contribution in [3.63, 3.8) is 0 Å². The lowest BCUT2D eigenvalue weighted by Crippen LogP contribution is -2.28. The van der Waals surface area contributed by atoms with Crippen molar-refractivity contribution in [1.82, 2.24) is 4.90 Å². The second-order valence-corrected chi connectivity index (χ2v) is 3.97. The summed E-state index contributed by atoms with van der Waals surface area (Å²) >= 11 is 4.05. The molecule has 0 N–H and O–H groups in total. The summed E-state index contributed by atoms with van der Waals surface area (Å²) < 4.78 is 0. The third kappa shape index (κ3) is 4.38. The number of benzene rings is 1. The van der Waals surface area contributed by atoms with Gasteiger partial charge >= 0.3 is 0 Å². The summed E-state index contributed by atoms with van der Waals surface area (Å²) in [4.78, 5) is 13.2. The summed E-state index contributed by atoms with van der Waals surface area (Å²) in [5.41, 5.74) is 1.27. The predicted octanol–water partition coefficient (Wildman–Crippen LogP) is 2.01. The third-order valence-electron chi connectivity index (χ3n) is 2.33. The summed E-state index contributed by atoms with van der Waals surface area (Å²) in [5, 5.41) is 0. The van der Waals surface area contributed by atoms with E-state index < -0.39 is 0 Å². The average molecular weight is 223 g/mol. The van der Waals surface area contributed by atoms with Crippen molar-refractivity contribution in [2.45, 2.75) is 12.8 Å². The summed E-state index contributed by atoms with van der Waals surface area (Å²) in [6.07, 6.45) is 1.43. The van der Waals surface area contributed by atoms with E-state index in [0.717, 1.165) is 13.0 Å². The van der Waals surface area contributed by atoms with E-state index in [1.54, 1.807) is 4.90 Å². The zero-order chi connectivity index (χ0) is 11.1. The Bertz CT molecular complexity index is 300. The van der Waals surface area contributed by atoms with Crippen LogP contribution in [-0.4, -0.2) is 30.2 Å². The third-order valence-corrected chi connectivity index (χ3v) is 2.55. The van der Waals surface area contributed by atoms with Crippen LogP contribution in [0.25, 0.3) is 0 Å². The highest BCUT2D eigenvalue weighted by atomic mass is 32.1. The fourth-order valence-electron chi connectivity index (χ4n) is 1.35. The normalized spacial score (nSPS) is 10.0. The maximum atomic E-state index is 11.4. The van der Waals surface area contributed by atoms with Crippen LogP contribution in [0.2, 0.25) is 0 Å². The first-order valence-corrected chi connectivity index (χ1v) is 5.76. The molecule has 0 spiro atoms. The van der Waals surface area contributed by atoms with Crippen LogP contribution in [0.3, 0.4) is 0 Å². The maximum Gasteiger partial charge on any atom is 0.223 e. The van der Waals surface area contributed by atoms with Gasteiger partial charge in [0.25, 0.3) is 0 Å². The lowest BCUT2D eigenvalue weighted by atomic mass is 10.1. The molecule has 0 radical (unpaired) electrons. The van der Waals surface area contributed by atoms with Crippen LogP contribution >= 0.6 is 12.6 Å². The maximum absolute atomic E-state index is 11.4. The molecule has 82 valence electrons. The molecule has 0 saturated heterocycles. The van der Waals surface area contributed by atoms with Crippen molar-refractivity contribution in [1.29, 1.82) is 0 Å². The lowest BCUT2D eigenvalue weighted by molar-refractivity contribution is -0.129. The molecule has 0 aliphatic rings. The van der Waals surface area contributed by atoms with Crippen LogP contribution < -0.4 is 0 Å². The largest absolute Gasteiger partial charge is 0.345 e. The number of rotatable bonds is 5. The van der Waals surface area contributed by atoms with Crippen LogP contribution in [0.5, 0.6) is 0 Å². The Morgan fingerprint density at radius 1 is 1.33 bits per heavy atom. The van der Waals surface area contributed by atoms with Gasteiger partial charge in [0.2, 0.25) is 5.91 Å². The van der Waals surface area contributed by atoms with Gasteiger partial charge in [0.05, 0.1) is 0 Å². The average Bonchev–Trinajstić information content (AvgIpc) is 2.27. The molecule has 1 aromatic carbocycles. The lowest BCUT2D eigenvalue weighted by Gasteiger charge is -2.16. The molecule has 0 bridgehead atoms. The van der Waals surface area contributed by atoms with Crippen molar-refractivity contribution in [3.05, 3.63) is 35.9 Å². The number of carbonyl (C=O) groups excluding carboxylic acids is 1. The Morgan fingerprint density at radius 3 is 2.60 bits per heavy atom. The van der Waals surface area contributed by atoms with E-state index in [-0.39, 0.29) is 5.91 Å². The van der Waals surface area contributed by atoms with E-state index >= 15 is 0 Å². The molecule has 0 aromatic heterocycles. The molecule has 0 fully saturated rings. The number of hydrogen-bond acceptors (Lipinski definition) is 2. The van der Waals surface area contributed by atoms with Crippen LogP contribution in [0.4, 0.5) is 0 Å². The first-order valence-electron chi connectivity index (χ1n) is 5.13. The molecule has 1 rings (SSSR count). The zero-order valence-corrected chi connectivity index (χ0v) is 9.91. The molecule has 0 heterocycles. The van der Waals surface area contributed by atoms with Gasteiger partial charge in [0, 0.05) is 20.0 Å². The molecule has 15 heavy (non-hydrogen) atoms. The van der Waals surface area contributed by atoms with E-state index in [0.29, 0.717) is 12.2 Å². The Hall–Kier alpha value is -0.960. The number of nitrogens with zero attached hydrogens (tertiary/aromatic N) is 1. The molecule has 0 aliphatic carbocycles. The first-order chi connectivity index (χ1) is 7.24. The quantitative estimate of drug-likeness (QED) is 0.757. The monoisotopic (exact) mass is 223 g/mol. The van der Waals surface area contributed by atoms with Gasteiger partial charge in [-0.2, -0.15) is 12.6 Å². The van der Waals surface area contributed by atoms with E-state index in [1.165, 1.54) is 5.56 Å². The highest BCUT2D eigenvalue weighted by Crippen LogP contribution is 2.01. The molecule has 0 saturated carbocycles. The molecule has 2 nitrogen and oxygen atoms in total. The van der Waals surface area contributed by atoms with Gasteiger partial charge in [-0.3, -0.25) is 4.79 Å². The predicted molar refractivity (Wildman–Crippen MR) is 66.3 cm³/mol. The molecule has 1 amide bonds. The summed E-state index contributed by atoms with van der Waals surface area (Å²) in [5.74, 6) is 0.787. The van der Waals surface area contributed by atoms with E-state index in [9.17, 15) is 4.79 Å². The van der Waals surface area contributed by atoms with Crippen LogP contribution in [0.1, 0.15) is 12.0 Å². The Balaban J connectivity index is 2.34. The molecule has 0 unspecified atom stereocenters. The minimum Gasteiger partial charge on any atom is -0.345 e. The van der Waals surface area contributed by atoms with Gasteiger partial charge in [0.15, 0.2) is 0 Å². The second kappa shape index (κ2) is 6.51. The topological polar surface area (TPSA) is 20.3 Å². The Morgan fingerprint density at radius 2 is 2.00 bits per heavy atom. The highest BCUT2D eigenvalue weighted by molar-refractivity contribution is 7.80. The summed E-state index contributed by atoms with van der Waals surface area (Å²) in [7, 11) is 1.84. The fraction of sp³-hybridized carbons (Fsp3) is 0.417. The zero-order valence-electron chi connectivity index (χ0n) is 9.02. The number of amides is 1. The van der Waals surface area contributed by atoms with Crippen molar-refractivity contribution < 1.29 is 4.79 Å². The second-order valence-electron chi connectivity index (χ2n) is 3.52. The van der Waals surface area contributed by atoms with Crippen molar-refractivity contribution in [3.8, 4) is 0 Å². The SMILES string of the molecule is CN(CCc1ccccc1)C(=O)CCS. The van der Waals surface area contributed by atoms with Crippen molar-refractivity contribution >= 4 is 18.5 Å². The number of carbonyl (C=O) groups is 1. The summed E-state index contributed by atoms with van der Waals surface area (Å²) in [6, 6.07) is 10.2. The molecule has 1 aromatic rings. The minimum atomic E-state index is 0.168. The van der Waals surface area contributed by atoms with E-state index in [1.807, 2.05) is 25.2 Å². The summed E-state index contributed by atoms with van der Waals surface area (Å²) in [6.45, 7) is 0.774. The number of hydrogen-bond donors (Lipinski definition) is 1. The molecule has 0 atom stereocenters. The van der Waals surface area contributed by atoms with Gasteiger partial charge in [-0.1, -0.05) is 30.3 Å². The van der Waals surface area contributed by atoms with Crippen LogP contribution in [-0.2, 0) is 11.2 Å². The molecular weight excluding hydrogens is 206 g/mol. The van der Waals surface area contributed by atoms with Gasteiger partial charge in [-0.15, -0.1) is 0 Å². The van der Waals surface area contributed by atoms with Gasteiger partial charge in [0.1, 0.15) is 0 Å². The van der Waals surface area contributed by atoms with Gasteiger partial charge < -0.3 is 4.90 Å². The van der Waals surface area contributed by atoms with Gasteiger partial charge in [-0.25, -0.2) is 0 Å². The standard InChI is InChI=1S/C12H17NOS/c1-13(12(14)8-10-15)9-7-11-5-3-2-4-6-11/h2-6,15H,7-10H2,1H3. The Kier molecular flexibility index (Phi) is 5.26.